The Kier molecular flexibility index (Phi) is 7.68. The first-order chi connectivity index (χ1) is 15.5. The van der Waals surface area contributed by atoms with Crippen LogP contribution in [0.4, 0.5) is 0 Å². The van der Waals surface area contributed by atoms with E-state index in [0.717, 1.165) is 29.7 Å². The zero-order chi connectivity index (χ0) is 22.7. The summed E-state index contributed by atoms with van der Waals surface area (Å²) < 4.78 is 16.9. The fraction of sp³-hybridized carbons (Fsp3) is 0.500. The second kappa shape index (κ2) is 10.5. The van der Waals surface area contributed by atoms with Crippen molar-refractivity contribution in [2.24, 2.45) is 0 Å². The maximum Gasteiger partial charge on any atom is 0.119 e. The maximum absolute atomic E-state index is 10.4. The normalized spacial score (nSPS) is 28.0. The molecule has 5 atom stereocenters. The van der Waals surface area contributed by atoms with E-state index < -0.39 is 37.1 Å². The summed E-state index contributed by atoms with van der Waals surface area (Å²) in [6, 6.07) is 13.0. The highest BCUT2D eigenvalue weighted by Gasteiger charge is 2.44. The van der Waals surface area contributed by atoms with Crippen LogP contribution in [0.15, 0.2) is 42.5 Å². The molecule has 1 aliphatic carbocycles. The lowest BCUT2D eigenvalue weighted by molar-refractivity contribution is -0.231. The Bertz CT molecular complexity index is 884. The fourth-order valence-corrected chi connectivity index (χ4v) is 4.00. The summed E-state index contributed by atoms with van der Waals surface area (Å²) in [5.41, 5.74) is 2.46. The van der Waals surface area contributed by atoms with Crippen molar-refractivity contribution in [2.45, 2.75) is 55.9 Å². The van der Waals surface area contributed by atoms with E-state index in [1.165, 1.54) is 0 Å². The van der Waals surface area contributed by atoms with Gasteiger partial charge >= 0.3 is 0 Å². The van der Waals surface area contributed by atoms with Crippen LogP contribution in [0.2, 0.25) is 5.02 Å². The van der Waals surface area contributed by atoms with Gasteiger partial charge in [-0.15, -0.1) is 0 Å². The summed E-state index contributed by atoms with van der Waals surface area (Å²) in [6.07, 6.45) is -2.73. The SMILES string of the molecule is OC[C@H]1OC(c2ccc(Cl)c(Cc3ccc(OCCOC4CC4)cc3)c2)C(O)C(O)[C@@H]1O. The van der Waals surface area contributed by atoms with Gasteiger partial charge in [0, 0.05) is 5.02 Å². The Morgan fingerprint density at radius 3 is 2.38 bits per heavy atom. The smallest absolute Gasteiger partial charge is 0.119 e. The van der Waals surface area contributed by atoms with E-state index in [9.17, 15) is 20.4 Å². The Labute approximate surface area is 192 Å². The standard InChI is InChI=1S/C24H29ClO7/c25-19-8-3-15(24-23(29)22(28)21(27)20(13-26)32-24)12-16(19)11-14-1-4-17(5-2-14)30-9-10-31-18-6-7-18/h1-5,8,12,18,20-24,26-29H,6-7,9-11,13H2/t20-,21-,22?,23?,24?/m1/s1. The van der Waals surface area contributed by atoms with Crippen molar-refractivity contribution in [3.05, 3.63) is 64.2 Å². The molecule has 0 bridgehead atoms. The van der Waals surface area contributed by atoms with E-state index in [1.54, 1.807) is 12.1 Å². The predicted molar refractivity (Wildman–Crippen MR) is 118 cm³/mol. The molecule has 2 aliphatic rings. The molecule has 2 aromatic carbocycles. The molecule has 7 nitrogen and oxygen atoms in total. The van der Waals surface area contributed by atoms with Crippen LogP contribution in [0, 0.1) is 0 Å². The van der Waals surface area contributed by atoms with Crippen molar-refractivity contribution < 1.29 is 34.6 Å². The number of halogens is 1. The molecule has 4 rings (SSSR count). The largest absolute Gasteiger partial charge is 0.491 e. The minimum Gasteiger partial charge on any atom is -0.491 e. The Balaban J connectivity index is 1.41. The zero-order valence-corrected chi connectivity index (χ0v) is 18.4. The van der Waals surface area contributed by atoms with E-state index in [1.807, 2.05) is 30.3 Å². The summed E-state index contributed by atoms with van der Waals surface area (Å²) in [5.74, 6) is 0.773. The van der Waals surface area contributed by atoms with Crippen LogP contribution < -0.4 is 4.74 Å². The van der Waals surface area contributed by atoms with Crippen LogP contribution in [0.3, 0.4) is 0 Å². The van der Waals surface area contributed by atoms with Crippen LogP contribution in [0.25, 0.3) is 0 Å². The van der Waals surface area contributed by atoms with E-state index in [4.69, 9.17) is 25.8 Å². The molecule has 0 radical (unpaired) electrons. The van der Waals surface area contributed by atoms with Gasteiger partial charge in [-0.1, -0.05) is 35.9 Å². The van der Waals surface area contributed by atoms with Gasteiger partial charge in [-0.05, 0) is 54.2 Å². The van der Waals surface area contributed by atoms with Gasteiger partial charge in [0.25, 0.3) is 0 Å². The molecule has 2 aromatic rings. The van der Waals surface area contributed by atoms with E-state index in [2.05, 4.69) is 0 Å². The van der Waals surface area contributed by atoms with E-state index in [0.29, 0.717) is 36.3 Å². The lowest BCUT2D eigenvalue weighted by Gasteiger charge is -2.40. The molecule has 4 N–H and O–H groups in total. The van der Waals surface area contributed by atoms with Crippen molar-refractivity contribution in [3.8, 4) is 5.75 Å². The lowest BCUT2D eigenvalue weighted by atomic mass is 9.90. The molecular weight excluding hydrogens is 436 g/mol. The number of ether oxygens (including phenoxy) is 3. The van der Waals surface area contributed by atoms with Gasteiger partial charge in [-0.2, -0.15) is 0 Å². The van der Waals surface area contributed by atoms with Gasteiger partial charge in [-0.25, -0.2) is 0 Å². The van der Waals surface area contributed by atoms with Crippen LogP contribution in [-0.2, 0) is 15.9 Å². The van der Waals surface area contributed by atoms with Crippen molar-refractivity contribution >= 4 is 11.6 Å². The summed E-state index contributed by atoms with van der Waals surface area (Å²) >= 11 is 6.40. The number of aliphatic hydroxyl groups is 4. The summed E-state index contributed by atoms with van der Waals surface area (Å²) in [5, 5.41) is 40.5. The molecular formula is C24H29ClO7. The molecule has 174 valence electrons. The molecule has 2 fully saturated rings. The van der Waals surface area contributed by atoms with Crippen molar-refractivity contribution in [3.63, 3.8) is 0 Å². The second-order valence-corrected chi connectivity index (χ2v) is 8.75. The third kappa shape index (κ3) is 5.61. The van der Waals surface area contributed by atoms with Crippen molar-refractivity contribution in [1.29, 1.82) is 0 Å². The predicted octanol–water partition coefficient (Wildman–Crippen LogP) is 2.00. The molecule has 1 saturated heterocycles. The number of hydrogen-bond donors (Lipinski definition) is 4. The molecule has 8 heteroatoms. The fourth-order valence-electron chi connectivity index (χ4n) is 3.82. The third-order valence-corrected chi connectivity index (χ3v) is 6.21. The van der Waals surface area contributed by atoms with E-state index in [-0.39, 0.29) is 0 Å². The summed E-state index contributed by atoms with van der Waals surface area (Å²) in [6.45, 7) is 0.638. The van der Waals surface area contributed by atoms with Crippen LogP contribution in [0.5, 0.6) is 5.75 Å². The quantitative estimate of drug-likeness (QED) is 0.420. The summed E-state index contributed by atoms with van der Waals surface area (Å²) in [7, 11) is 0. The highest BCUT2D eigenvalue weighted by atomic mass is 35.5. The highest BCUT2D eigenvalue weighted by Crippen LogP contribution is 2.34. The average Bonchev–Trinajstić information content (AvgIpc) is 3.63. The molecule has 1 heterocycles. The van der Waals surface area contributed by atoms with Gasteiger partial charge in [0.05, 0.1) is 19.3 Å². The Hall–Kier alpha value is -1.71. The van der Waals surface area contributed by atoms with Gasteiger partial charge in [0.15, 0.2) is 0 Å². The Morgan fingerprint density at radius 2 is 1.69 bits per heavy atom. The van der Waals surface area contributed by atoms with Crippen LogP contribution in [-0.4, -0.2) is 70.8 Å². The van der Waals surface area contributed by atoms with Gasteiger partial charge < -0.3 is 34.6 Å². The van der Waals surface area contributed by atoms with E-state index >= 15 is 0 Å². The monoisotopic (exact) mass is 464 g/mol. The molecule has 1 saturated carbocycles. The second-order valence-electron chi connectivity index (χ2n) is 8.34. The molecule has 1 aliphatic heterocycles. The van der Waals surface area contributed by atoms with Gasteiger partial charge in [0.1, 0.15) is 42.9 Å². The lowest BCUT2D eigenvalue weighted by Crippen LogP contribution is -2.55. The highest BCUT2D eigenvalue weighted by molar-refractivity contribution is 6.31. The summed E-state index contributed by atoms with van der Waals surface area (Å²) in [4.78, 5) is 0. The van der Waals surface area contributed by atoms with Crippen molar-refractivity contribution in [1.82, 2.24) is 0 Å². The zero-order valence-electron chi connectivity index (χ0n) is 17.6. The number of aliphatic hydroxyl groups excluding tert-OH is 4. The van der Waals surface area contributed by atoms with Crippen LogP contribution in [0.1, 0.15) is 35.6 Å². The molecule has 0 amide bonds. The van der Waals surface area contributed by atoms with Crippen LogP contribution >= 0.6 is 11.6 Å². The Morgan fingerprint density at radius 1 is 0.938 bits per heavy atom. The maximum atomic E-state index is 10.4. The minimum absolute atomic E-state index is 0.421. The van der Waals surface area contributed by atoms with Crippen molar-refractivity contribution in [2.75, 3.05) is 19.8 Å². The number of rotatable bonds is 9. The van der Waals surface area contributed by atoms with Gasteiger partial charge in [0.2, 0.25) is 0 Å². The molecule has 32 heavy (non-hydrogen) atoms. The molecule has 0 aromatic heterocycles. The molecule has 3 unspecified atom stereocenters. The topological polar surface area (TPSA) is 109 Å². The van der Waals surface area contributed by atoms with Gasteiger partial charge in [-0.3, -0.25) is 0 Å². The first-order valence-electron chi connectivity index (χ1n) is 10.9. The first-order valence-corrected chi connectivity index (χ1v) is 11.3. The third-order valence-electron chi connectivity index (χ3n) is 5.84. The molecule has 0 spiro atoms. The first kappa shape index (κ1) is 23.4. The minimum atomic E-state index is -1.42. The average molecular weight is 465 g/mol. The number of hydrogen-bond acceptors (Lipinski definition) is 7. The number of benzene rings is 2.